The van der Waals surface area contributed by atoms with Crippen molar-refractivity contribution in [2.24, 2.45) is 5.92 Å². The Morgan fingerprint density at radius 1 is 1.00 bits per heavy atom. The molecule has 2 saturated heterocycles. The van der Waals surface area contributed by atoms with E-state index in [0.717, 1.165) is 45.0 Å². The lowest BCUT2D eigenvalue weighted by Crippen LogP contribution is -2.48. The Labute approximate surface area is 232 Å². The maximum atomic E-state index is 13.8. The van der Waals surface area contributed by atoms with Gasteiger partial charge in [0.05, 0.1) is 5.92 Å². The number of halogens is 3. The van der Waals surface area contributed by atoms with Crippen molar-refractivity contribution in [3.63, 3.8) is 0 Å². The maximum absolute atomic E-state index is 13.8. The fourth-order valence-corrected chi connectivity index (χ4v) is 5.71. The zero-order chi connectivity index (χ0) is 28.4. The molecule has 1 saturated carbocycles. The monoisotopic (exact) mass is 559 g/mol. The van der Waals surface area contributed by atoms with Gasteiger partial charge in [0.1, 0.15) is 11.4 Å². The molecule has 3 aliphatic rings. The normalized spacial score (nSPS) is 22.1. The second-order valence-corrected chi connectivity index (χ2v) is 11.1. The van der Waals surface area contributed by atoms with Gasteiger partial charge in [-0.25, -0.2) is 4.98 Å². The number of nitrogens with zero attached hydrogens (tertiary/aromatic N) is 5. The van der Waals surface area contributed by atoms with E-state index in [0.29, 0.717) is 37.2 Å². The molecule has 2 aliphatic heterocycles. The fourth-order valence-electron chi connectivity index (χ4n) is 5.71. The number of hydrogen-bond donors (Lipinski definition) is 2. The van der Waals surface area contributed by atoms with Crippen LogP contribution in [-0.4, -0.2) is 88.8 Å². The zero-order valence-corrected chi connectivity index (χ0v) is 22.9. The number of alkyl halides is 3. The van der Waals surface area contributed by atoms with Crippen LogP contribution in [0.2, 0.25) is 0 Å². The second-order valence-electron chi connectivity index (χ2n) is 11.1. The van der Waals surface area contributed by atoms with Crippen LogP contribution in [0, 0.1) is 5.92 Å². The molecule has 216 valence electrons. The highest BCUT2D eigenvalue weighted by Crippen LogP contribution is 2.37. The SMILES string of the molecule is CN1CCC(N(C)C(=O)c2ccc(Nc3ncc(C(F)(F)F)c(N[C@@H]4CCC[C@@H]4C(=O)N4CCC4)n3)cc2)CC1. The average Bonchev–Trinajstić information content (AvgIpc) is 3.35. The number of amides is 2. The number of likely N-dealkylation sites (tertiary alicyclic amines) is 2. The topological polar surface area (TPSA) is 93.7 Å². The number of rotatable bonds is 7. The first-order valence-corrected chi connectivity index (χ1v) is 13.9. The molecular weight excluding hydrogens is 523 g/mol. The molecule has 0 bridgehead atoms. The molecule has 0 radical (unpaired) electrons. The van der Waals surface area contributed by atoms with Crippen molar-refractivity contribution in [3.8, 4) is 0 Å². The minimum Gasteiger partial charge on any atom is -0.366 e. The highest BCUT2D eigenvalue weighted by Gasteiger charge is 2.40. The number of anilines is 3. The van der Waals surface area contributed by atoms with Crippen molar-refractivity contribution < 1.29 is 22.8 Å². The van der Waals surface area contributed by atoms with Crippen LogP contribution in [0.4, 0.5) is 30.6 Å². The molecule has 2 atom stereocenters. The summed E-state index contributed by atoms with van der Waals surface area (Å²) in [4.78, 5) is 39.7. The van der Waals surface area contributed by atoms with Crippen molar-refractivity contribution >= 4 is 29.3 Å². The van der Waals surface area contributed by atoms with E-state index in [2.05, 4.69) is 32.5 Å². The van der Waals surface area contributed by atoms with Gasteiger partial charge in [-0.05, 0) is 76.5 Å². The van der Waals surface area contributed by atoms with Crippen LogP contribution in [0.1, 0.15) is 54.4 Å². The predicted molar refractivity (Wildman–Crippen MR) is 145 cm³/mol. The summed E-state index contributed by atoms with van der Waals surface area (Å²) in [5.74, 6) is -0.799. The lowest BCUT2D eigenvalue weighted by atomic mass is 9.99. The zero-order valence-electron chi connectivity index (χ0n) is 22.9. The Morgan fingerprint density at radius 2 is 1.70 bits per heavy atom. The van der Waals surface area contributed by atoms with Gasteiger partial charge in [0, 0.05) is 49.7 Å². The van der Waals surface area contributed by atoms with E-state index < -0.39 is 17.8 Å². The third-order valence-corrected chi connectivity index (χ3v) is 8.36. The van der Waals surface area contributed by atoms with Gasteiger partial charge in [-0.15, -0.1) is 0 Å². The smallest absolute Gasteiger partial charge is 0.366 e. The summed E-state index contributed by atoms with van der Waals surface area (Å²) in [5.41, 5.74) is 0.0933. The molecule has 9 nitrogen and oxygen atoms in total. The largest absolute Gasteiger partial charge is 0.421 e. The molecule has 0 spiro atoms. The van der Waals surface area contributed by atoms with Gasteiger partial charge < -0.3 is 25.3 Å². The number of piperidine rings is 1. The van der Waals surface area contributed by atoms with Crippen LogP contribution in [0.5, 0.6) is 0 Å². The number of nitrogens with one attached hydrogen (secondary N) is 2. The molecule has 12 heteroatoms. The average molecular weight is 560 g/mol. The van der Waals surface area contributed by atoms with Crippen LogP contribution in [0.25, 0.3) is 0 Å². The minimum atomic E-state index is -4.65. The van der Waals surface area contributed by atoms with E-state index in [1.807, 2.05) is 7.05 Å². The van der Waals surface area contributed by atoms with Gasteiger partial charge in [-0.3, -0.25) is 9.59 Å². The summed E-state index contributed by atoms with van der Waals surface area (Å²) in [6, 6.07) is 6.50. The van der Waals surface area contributed by atoms with Crippen molar-refractivity contribution in [2.45, 2.75) is 56.8 Å². The Morgan fingerprint density at radius 3 is 2.33 bits per heavy atom. The number of carbonyl (C=O) groups excluding carboxylic acids is 2. The fraction of sp³-hybridized carbons (Fsp3) is 0.571. The first-order valence-electron chi connectivity index (χ1n) is 13.9. The second kappa shape index (κ2) is 11.6. The molecule has 2 amide bonds. The molecule has 0 unspecified atom stereocenters. The number of hydrogen-bond acceptors (Lipinski definition) is 7. The van der Waals surface area contributed by atoms with Gasteiger partial charge in [0.25, 0.3) is 5.91 Å². The summed E-state index contributed by atoms with van der Waals surface area (Å²) in [7, 11) is 3.89. The molecule has 2 aromatic rings. The van der Waals surface area contributed by atoms with Gasteiger partial charge in [-0.1, -0.05) is 6.42 Å². The van der Waals surface area contributed by atoms with Crippen molar-refractivity contribution in [1.29, 1.82) is 0 Å². The maximum Gasteiger partial charge on any atom is 0.421 e. The predicted octanol–water partition coefficient (Wildman–Crippen LogP) is 4.22. The van der Waals surface area contributed by atoms with Crippen LogP contribution >= 0.6 is 0 Å². The Kier molecular flexibility index (Phi) is 8.16. The van der Waals surface area contributed by atoms with Gasteiger partial charge in [-0.2, -0.15) is 18.2 Å². The molecule has 5 rings (SSSR count). The van der Waals surface area contributed by atoms with Gasteiger partial charge in [0.2, 0.25) is 11.9 Å². The highest BCUT2D eigenvalue weighted by atomic mass is 19.4. The minimum absolute atomic E-state index is 0.00156. The van der Waals surface area contributed by atoms with E-state index >= 15 is 0 Å². The summed E-state index contributed by atoms with van der Waals surface area (Å²) in [6.07, 6.45) is 0.906. The summed E-state index contributed by atoms with van der Waals surface area (Å²) in [6.45, 7) is 3.31. The van der Waals surface area contributed by atoms with Crippen molar-refractivity contribution in [1.82, 2.24) is 24.7 Å². The third-order valence-electron chi connectivity index (χ3n) is 8.36. The lowest BCUT2D eigenvalue weighted by Gasteiger charge is -2.35. The first kappa shape index (κ1) is 28.1. The Bertz CT molecular complexity index is 1210. The van der Waals surface area contributed by atoms with E-state index in [9.17, 15) is 22.8 Å². The lowest BCUT2D eigenvalue weighted by molar-refractivity contribution is -0.139. The van der Waals surface area contributed by atoms with Crippen molar-refractivity contribution in [3.05, 3.63) is 41.6 Å². The number of aromatic nitrogens is 2. The molecule has 2 N–H and O–H groups in total. The molecular formula is C28H36F3N7O2. The molecule has 1 aromatic heterocycles. The van der Waals surface area contributed by atoms with E-state index in [1.165, 1.54) is 0 Å². The number of benzene rings is 1. The van der Waals surface area contributed by atoms with E-state index in [-0.39, 0.29) is 35.5 Å². The Balaban J connectivity index is 1.28. The standard InChI is InChI=1S/C28H36F3N7O2/c1-36-15-11-20(12-16-36)37(2)25(39)18-7-9-19(10-8-18)33-27-32-17-22(28(29,30)31)24(35-27)34-23-6-3-5-21(23)26(40)38-13-4-14-38/h7-10,17,20-21,23H,3-6,11-16H2,1-2H3,(H2,32,33,34,35)/t21-,23+/m0/s1. The van der Waals surface area contributed by atoms with Crippen LogP contribution in [0.3, 0.4) is 0 Å². The summed E-state index contributed by atoms with van der Waals surface area (Å²) < 4.78 is 41.4. The molecule has 3 heterocycles. The number of carbonyl (C=O) groups is 2. The Hall–Kier alpha value is -3.41. The van der Waals surface area contributed by atoms with Crippen LogP contribution in [0.15, 0.2) is 30.5 Å². The van der Waals surface area contributed by atoms with Crippen molar-refractivity contribution in [2.75, 3.05) is 50.9 Å². The van der Waals surface area contributed by atoms with E-state index in [1.54, 1.807) is 34.1 Å². The molecule has 1 aromatic carbocycles. The van der Waals surface area contributed by atoms with Gasteiger partial charge in [0.15, 0.2) is 0 Å². The first-order chi connectivity index (χ1) is 19.1. The van der Waals surface area contributed by atoms with Gasteiger partial charge >= 0.3 is 6.18 Å². The quantitative estimate of drug-likeness (QED) is 0.525. The molecule has 3 fully saturated rings. The molecule has 40 heavy (non-hydrogen) atoms. The van der Waals surface area contributed by atoms with E-state index in [4.69, 9.17) is 0 Å². The molecule has 1 aliphatic carbocycles. The van der Waals surface area contributed by atoms with Crippen LogP contribution in [-0.2, 0) is 11.0 Å². The van der Waals surface area contributed by atoms with Crippen LogP contribution < -0.4 is 10.6 Å². The summed E-state index contributed by atoms with van der Waals surface area (Å²) in [5, 5.41) is 5.88. The summed E-state index contributed by atoms with van der Waals surface area (Å²) >= 11 is 0. The third kappa shape index (κ3) is 6.16. The highest BCUT2D eigenvalue weighted by molar-refractivity contribution is 5.94.